The van der Waals surface area contributed by atoms with Gasteiger partial charge in [0.2, 0.25) is 0 Å². The normalized spacial score (nSPS) is 15.1. The van der Waals surface area contributed by atoms with Crippen molar-refractivity contribution in [3.8, 4) is 11.1 Å². The molecule has 0 spiro atoms. The number of thioether (sulfide) groups is 1. The van der Waals surface area contributed by atoms with Gasteiger partial charge in [-0.2, -0.15) is 5.10 Å². The summed E-state index contributed by atoms with van der Waals surface area (Å²) in [5.74, 6) is 0.397. The minimum atomic E-state index is 0.397. The molecule has 3 N–H and O–H groups in total. The smallest absolute Gasteiger partial charge is 0.135 e. The number of hydrogen-bond acceptors (Lipinski definition) is 4. The Hall–Kier alpha value is -2.96. The summed E-state index contributed by atoms with van der Waals surface area (Å²) in [6.07, 6.45) is 12.1. The second-order valence-corrected chi connectivity index (χ2v) is 9.88. The molecule has 2 aromatic carbocycles. The summed E-state index contributed by atoms with van der Waals surface area (Å²) in [6.45, 7) is 0. The molecule has 2 aromatic heterocycles. The summed E-state index contributed by atoms with van der Waals surface area (Å²) in [5, 5.41) is 9.07. The van der Waals surface area contributed by atoms with Crippen LogP contribution < -0.4 is 11.1 Å². The van der Waals surface area contributed by atoms with Gasteiger partial charge in [-0.05, 0) is 48.9 Å². The molecule has 0 aliphatic heterocycles. The third-order valence-corrected chi connectivity index (χ3v) is 7.49. The lowest BCUT2D eigenvalue weighted by Gasteiger charge is -2.25. The van der Waals surface area contributed by atoms with Crippen LogP contribution in [-0.4, -0.2) is 27.7 Å². The summed E-state index contributed by atoms with van der Waals surface area (Å²) in [4.78, 5) is 5.89. The average molecular weight is 490 g/mol. The highest BCUT2D eigenvalue weighted by Gasteiger charge is 2.20. The second-order valence-electron chi connectivity index (χ2n) is 8.62. The number of nitrogens with two attached hydrogens (primary N) is 1. The molecule has 5 rings (SSSR count). The largest absolute Gasteiger partial charge is 0.383 e. The lowest BCUT2D eigenvalue weighted by atomic mass is 9.95. The number of amidine groups is 1. The fourth-order valence-electron chi connectivity index (χ4n) is 4.62. The molecule has 5 nitrogen and oxygen atoms in total. The van der Waals surface area contributed by atoms with Gasteiger partial charge in [-0.3, -0.25) is 0 Å². The molecule has 1 saturated carbocycles. The molecule has 2 heterocycles. The maximum absolute atomic E-state index is 6.56. The molecule has 0 unspecified atom stereocenters. The summed E-state index contributed by atoms with van der Waals surface area (Å²) in [5.41, 5.74) is 12.3. The molecule has 1 aliphatic rings. The molecule has 0 radical (unpaired) electrons. The van der Waals surface area contributed by atoms with E-state index in [4.69, 9.17) is 22.4 Å². The third-order valence-electron chi connectivity index (χ3n) is 6.38. The number of aromatic nitrogens is 2. The van der Waals surface area contributed by atoms with E-state index in [1.807, 2.05) is 28.8 Å². The molecule has 1 fully saturated rings. The third kappa shape index (κ3) is 4.65. The zero-order valence-corrected chi connectivity index (χ0v) is 20.7. The highest BCUT2D eigenvalue weighted by atomic mass is 35.5. The Kier molecular flexibility index (Phi) is 6.79. The topological polar surface area (TPSA) is 67.7 Å². The van der Waals surface area contributed by atoms with Crippen molar-refractivity contribution in [1.82, 2.24) is 9.61 Å². The van der Waals surface area contributed by atoms with Crippen molar-refractivity contribution >= 4 is 46.1 Å². The monoisotopic (exact) mass is 489 g/mol. The number of halogens is 1. The highest BCUT2D eigenvalue weighted by Crippen LogP contribution is 2.35. The van der Waals surface area contributed by atoms with E-state index in [1.165, 1.54) is 29.7 Å². The van der Waals surface area contributed by atoms with E-state index in [2.05, 4.69) is 53.1 Å². The standard InChI is InChI=1S/C27H28ClN5S/c1-34-25-14-8-5-11-20(25)18-15-24-26(31-19-9-3-2-4-10-19)21(16-30-33(24)17-18)27(29)32-23-13-7-6-12-22(23)28/h5-8,11-17,19,31H,2-4,9-10H2,1H3,(H2,29,32). The maximum Gasteiger partial charge on any atom is 0.135 e. The van der Waals surface area contributed by atoms with Crippen LogP contribution in [-0.2, 0) is 0 Å². The summed E-state index contributed by atoms with van der Waals surface area (Å²) in [7, 11) is 0. The van der Waals surface area contributed by atoms with Crippen LogP contribution in [0, 0.1) is 0 Å². The molecular formula is C27H28ClN5S. The van der Waals surface area contributed by atoms with Crippen molar-refractivity contribution in [3.05, 3.63) is 77.6 Å². The first kappa shape index (κ1) is 22.8. The fourth-order valence-corrected chi connectivity index (χ4v) is 5.41. The van der Waals surface area contributed by atoms with Crippen molar-refractivity contribution in [2.45, 2.75) is 43.0 Å². The van der Waals surface area contributed by atoms with E-state index in [9.17, 15) is 0 Å². The Labute approximate surface area is 209 Å². The predicted molar refractivity (Wildman–Crippen MR) is 145 cm³/mol. The first-order valence-corrected chi connectivity index (χ1v) is 13.2. The van der Waals surface area contributed by atoms with E-state index in [0.717, 1.165) is 35.2 Å². The van der Waals surface area contributed by atoms with Crippen LogP contribution >= 0.6 is 23.4 Å². The van der Waals surface area contributed by atoms with Gasteiger partial charge < -0.3 is 11.1 Å². The van der Waals surface area contributed by atoms with Gasteiger partial charge in [-0.15, -0.1) is 11.8 Å². The Morgan fingerprint density at radius 1 is 1.12 bits per heavy atom. The number of anilines is 1. The number of hydrogen-bond donors (Lipinski definition) is 2. The van der Waals surface area contributed by atoms with Crippen molar-refractivity contribution < 1.29 is 0 Å². The summed E-state index contributed by atoms with van der Waals surface area (Å²) >= 11 is 8.09. The van der Waals surface area contributed by atoms with E-state index < -0.39 is 0 Å². The zero-order chi connectivity index (χ0) is 23.5. The highest BCUT2D eigenvalue weighted by molar-refractivity contribution is 7.98. The molecular weight excluding hydrogens is 462 g/mol. The first-order chi connectivity index (χ1) is 16.6. The van der Waals surface area contributed by atoms with Crippen molar-refractivity contribution in [2.24, 2.45) is 10.7 Å². The SMILES string of the molecule is CSc1ccccc1-c1cc2c(NC3CCCCC3)c(C(N)=Nc3ccccc3Cl)cnn2c1. The van der Waals surface area contributed by atoms with Crippen LogP contribution in [0.15, 0.2) is 76.9 Å². The number of para-hydroxylation sites is 1. The van der Waals surface area contributed by atoms with E-state index >= 15 is 0 Å². The van der Waals surface area contributed by atoms with E-state index in [-0.39, 0.29) is 0 Å². The van der Waals surface area contributed by atoms with Gasteiger partial charge in [0, 0.05) is 22.7 Å². The van der Waals surface area contributed by atoms with Gasteiger partial charge in [0.1, 0.15) is 5.84 Å². The Bertz CT molecular complexity index is 1340. The molecule has 0 atom stereocenters. The van der Waals surface area contributed by atoms with Crippen LogP contribution in [0.25, 0.3) is 16.6 Å². The lowest BCUT2D eigenvalue weighted by molar-refractivity contribution is 0.463. The van der Waals surface area contributed by atoms with E-state index in [1.54, 1.807) is 18.0 Å². The van der Waals surface area contributed by atoms with Gasteiger partial charge >= 0.3 is 0 Å². The quantitative estimate of drug-likeness (QED) is 0.171. The molecule has 1 aliphatic carbocycles. The maximum atomic E-state index is 6.56. The van der Waals surface area contributed by atoms with Crippen molar-refractivity contribution in [1.29, 1.82) is 0 Å². The molecule has 7 heteroatoms. The van der Waals surface area contributed by atoms with Crippen LogP contribution in [0.4, 0.5) is 11.4 Å². The van der Waals surface area contributed by atoms with Gasteiger partial charge in [0.15, 0.2) is 0 Å². The Morgan fingerprint density at radius 3 is 2.68 bits per heavy atom. The predicted octanol–water partition coefficient (Wildman–Crippen LogP) is 7.16. The summed E-state index contributed by atoms with van der Waals surface area (Å²) in [6, 6.07) is 18.5. The van der Waals surface area contributed by atoms with Crippen LogP contribution in [0.1, 0.15) is 37.7 Å². The Morgan fingerprint density at radius 2 is 1.88 bits per heavy atom. The number of nitrogens with zero attached hydrogens (tertiary/aromatic N) is 3. The number of fused-ring (bicyclic) bond motifs is 1. The molecule has 0 saturated heterocycles. The minimum absolute atomic E-state index is 0.397. The number of benzene rings is 2. The van der Waals surface area contributed by atoms with Crippen LogP contribution in [0.5, 0.6) is 0 Å². The average Bonchev–Trinajstić information content (AvgIpc) is 3.31. The van der Waals surface area contributed by atoms with E-state index in [0.29, 0.717) is 22.6 Å². The van der Waals surface area contributed by atoms with Gasteiger partial charge in [-0.1, -0.05) is 61.2 Å². The molecule has 34 heavy (non-hydrogen) atoms. The second kappa shape index (κ2) is 10.1. The van der Waals surface area contributed by atoms with Gasteiger partial charge in [0.25, 0.3) is 0 Å². The number of nitrogens with one attached hydrogen (secondary N) is 1. The molecule has 174 valence electrons. The number of rotatable bonds is 6. The van der Waals surface area contributed by atoms with Gasteiger partial charge in [-0.25, -0.2) is 9.51 Å². The zero-order valence-electron chi connectivity index (χ0n) is 19.2. The minimum Gasteiger partial charge on any atom is -0.383 e. The van der Waals surface area contributed by atoms with Crippen LogP contribution in [0.2, 0.25) is 5.02 Å². The van der Waals surface area contributed by atoms with Crippen molar-refractivity contribution in [2.75, 3.05) is 11.6 Å². The van der Waals surface area contributed by atoms with Crippen molar-refractivity contribution in [3.63, 3.8) is 0 Å². The first-order valence-electron chi connectivity index (χ1n) is 11.6. The molecule has 0 amide bonds. The molecule has 0 bridgehead atoms. The Balaban J connectivity index is 1.64. The number of aliphatic imine (C=N–C) groups is 1. The fraction of sp³-hybridized carbons (Fsp3) is 0.259. The van der Waals surface area contributed by atoms with Gasteiger partial charge in [0.05, 0.1) is 33.7 Å². The molecule has 4 aromatic rings. The van der Waals surface area contributed by atoms with Crippen LogP contribution in [0.3, 0.4) is 0 Å². The summed E-state index contributed by atoms with van der Waals surface area (Å²) < 4.78 is 1.93. The lowest BCUT2D eigenvalue weighted by Crippen LogP contribution is -2.25.